The molecule has 0 aliphatic rings. The normalized spacial score (nSPS) is 12.1. The van der Waals surface area contributed by atoms with Gasteiger partial charge in [0, 0.05) is 22.1 Å². The molecule has 0 aliphatic carbocycles. The molecule has 1 aromatic carbocycles. The average Bonchev–Trinajstić information content (AvgIpc) is 3.01. The Balaban J connectivity index is 2.12. The third-order valence-corrected chi connectivity index (χ3v) is 4.40. The van der Waals surface area contributed by atoms with Crippen LogP contribution in [0.2, 0.25) is 0 Å². The zero-order valence-electron chi connectivity index (χ0n) is 11.2. The van der Waals surface area contributed by atoms with Crippen molar-refractivity contribution in [2.45, 2.75) is 18.8 Å². The van der Waals surface area contributed by atoms with E-state index in [0.717, 1.165) is 15.5 Å². The highest BCUT2D eigenvalue weighted by Crippen LogP contribution is 2.28. The van der Waals surface area contributed by atoms with Gasteiger partial charge in [0.25, 0.3) is 0 Å². The number of rotatable bonds is 6. The van der Waals surface area contributed by atoms with Crippen LogP contribution in [-0.4, -0.2) is 16.2 Å². The van der Waals surface area contributed by atoms with Gasteiger partial charge in [-0.1, -0.05) is 42.5 Å². The zero-order valence-corrected chi connectivity index (χ0v) is 12.9. The molecular formula is C16H16O2S2. The molecule has 0 spiro atoms. The highest BCUT2D eigenvalue weighted by molar-refractivity contribution is 8.22. The average molecular weight is 304 g/mol. The van der Waals surface area contributed by atoms with Crippen molar-refractivity contribution < 1.29 is 9.21 Å². The lowest BCUT2D eigenvalue weighted by atomic mass is 9.94. The monoisotopic (exact) mass is 304 g/mol. The Morgan fingerprint density at radius 3 is 2.55 bits per heavy atom. The van der Waals surface area contributed by atoms with Crippen LogP contribution in [0, 0.1) is 0 Å². The quantitative estimate of drug-likeness (QED) is 0.571. The first-order valence-electron chi connectivity index (χ1n) is 6.39. The van der Waals surface area contributed by atoms with Crippen LogP contribution in [0.25, 0.3) is 0 Å². The molecule has 0 saturated heterocycles. The van der Waals surface area contributed by atoms with Gasteiger partial charge in [0.2, 0.25) is 0 Å². The fourth-order valence-electron chi connectivity index (χ4n) is 2.05. The van der Waals surface area contributed by atoms with Crippen molar-refractivity contribution in [2.24, 2.45) is 0 Å². The molecule has 1 atom stereocenters. The lowest BCUT2D eigenvalue weighted by Crippen LogP contribution is -2.09. The van der Waals surface area contributed by atoms with Gasteiger partial charge in [-0.2, -0.15) is 0 Å². The molecule has 2 aromatic rings. The Hall–Kier alpha value is -1.39. The maximum absolute atomic E-state index is 12.3. The third kappa shape index (κ3) is 4.05. The van der Waals surface area contributed by atoms with Gasteiger partial charge >= 0.3 is 0 Å². The summed E-state index contributed by atoms with van der Waals surface area (Å²) < 4.78 is 6.35. The van der Waals surface area contributed by atoms with Crippen LogP contribution >= 0.6 is 24.0 Å². The van der Waals surface area contributed by atoms with E-state index in [4.69, 9.17) is 16.6 Å². The molecule has 2 nitrogen and oxygen atoms in total. The van der Waals surface area contributed by atoms with Crippen LogP contribution in [0.15, 0.2) is 53.1 Å². The first-order chi connectivity index (χ1) is 9.70. The Morgan fingerprint density at radius 1 is 1.20 bits per heavy atom. The molecule has 0 saturated carbocycles. The maximum Gasteiger partial charge on any atom is 0.163 e. The highest BCUT2D eigenvalue weighted by Gasteiger charge is 2.20. The second-order valence-corrected chi connectivity index (χ2v) is 6.14. The van der Waals surface area contributed by atoms with Gasteiger partial charge in [0.15, 0.2) is 5.78 Å². The number of benzene rings is 1. The number of hydrogen-bond donors (Lipinski definition) is 0. The van der Waals surface area contributed by atoms with E-state index in [1.165, 1.54) is 0 Å². The lowest BCUT2D eigenvalue weighted by molar-refractivity contribution is 0.0971. The molecule has 0 N–H and O–H groups in total. The number of carbonyl (C=O) groups is 1. The third-order valence-electron chi connectivity index (χ3n) is 3.11. The van der Waals surface area contributed by atoms with E-state index in [1.54, 1.807) is 18.0 Å². The smallest absolute Gasteiger partial charge is 0.163 e. The summed E-state index contributed by atoms with van der Waals surface area (Å²) in [6.07, 6.45) is 4.69. The second-order valence-electron chi connectivity index (χ2n) is 4.49. The van der Waals surface area contributed by atoms with Gasteiger partial charge in [-0.15, -0.1) is 11.8 Å². The number of furan rings is 1. The molecule has 2 rings (SSSR count). The van der Waals surface area contributed by atoms with Gasteiger partial charge in [0.05, 0.1) is 6.26 Å². The molecule has 0 bridgehead atoms. The van der Waals surface area contributed by atoms with E-state index in [0.29, 0.717) is 12.8 Å². The van der Waals surface area contributed by atoms with Crippen molar-refractivity contribution in [1.29, 1.82) is 0 Å². The standard InChI is InChI=1S/C16H16O2S2/c1-20-16(19)11-13(15-8-5-9-18-15)10-14(17)12-6-3-2-4-7-12/h2-9,13H,10-11H2,1H3. The molecule has 1 aromatic heterocycles. The summed E-state index contributed by atoms with van der Waals surface area (Å²) in [6.45, 7) is 0. The second kappa shape index (κ2) is 7.41. The number of thiocarbonyl (C=S) groups is 1. The molecule has 104 valence electrons. The number of ketones is 1. The molecule has 4 heteroatoms. The van der Waals surface area contributed by atoms with Crippen molar-refractivity contribution in [3.63, 3.8) is 0 Å². The molecule has 0 radical (unpaired) electrons. The molecule has 0 aliphatic heterocycles. The molecule has 0 fully saturated rings. The van der Waals surface area contributed by atoms with Gasteiger partial charge < -0.3 is 4.42 Å². The molecule has 20 heavy (non-hydrogen) atoms. The minimum Gasteiger partial charge on any atom is -0.469 e. The van der Waals surface area contributed by atoms with Crippen LogP contribution in [0.3, 0.4) is 0 Å². The molecule has 1 heterocycles. The number of carbonyl (C=O) groups excluding carboxylic acids is 1. The van der Waals surface area contributed by atoms with Crippen LogP contribution in [0.4, 0.5) is 0 Å². The fourth-order valence-corrected chi connectivity index (χ4v) is 2.62. The number of hydrogen-bond acceptors (Lipinski definition) is 4. The van der Waals surface area contributed by atoms with Crippen LogP contribution in [-0.2, 0) is 0 Å². The maximum atomic E-state index is 12.3. The van der Waals surface area contributed by atoms with E-state index in [-0.39, 0.29) is 11.7 Å². The largest absolute Gasteiger partial charge is 0.469 e. The predicted molar refractivity (Wildman–Crippen MR) is 87.6 cm³/mol. The first-order valence-corrected chi connectivity index (χ1v) is 8.02. The Labute approximate surface area is 128 Å². The van der Waals surface area contributed by atoms with Crippen LogP contribution in [0.1, 0.15) is 34.9 Å². The summed E-state index contributed by atoms with van der Waals surface area (Å²) in [4.78, 5) is 12.3. The van der Waals surface area contributed by atoms with E-state index >= 15 is 0 Å². The first kappa shape index (κ1) is 15.0. The minimum atomic E-state index is 0.0117. The summed E-state index contributed by atoms with van der Waals surface area (Å²) in [5.41, 5.74) is 0.735. The van der Waals surface area contributed by atoms with Crippen molar-refractivity contribution >= 4 is 34.0 Å². The predicted octanol–water partition coefficient (Wildman–Crippen LogP) is 4.72. The Morgan fingerprint density at radius 2 is 1.95 bits per heavy atom. The van der Waals surface area contributed by atoms with Gasteiger partial charge in [-0.3, -0.25) is 4.79 Å². The van der Waals surface area contributed by atoms with Crippen LogP contribution in [0.5, 0.6) is 0 Å². The summed E-state index contributed by atoms with van der Waals surface area (Å²) in [5.74, 6) is 0.958. The van der Waals surface area contributed by atoms with E-state index in [1.807, 2.05) is 48.7 Å². The number of Topliss-reactive ketones (excluding diaryl/α,β-unsaturated/α-hetero) is 1. The molecule has 1 unspecified atom stereocenters. The number of thioether (sulfide) groups is 1. The summed E-state index contributed by atoms with van der Waals surface area (Å²) in [6, 6.07) is 13.1. The summed E-state index contributed by atoms with van der Waals surface area (Å²) in [5, 5.41) is 0. The SMILES string of the molecule is CSC(=S)CC(CC(=O)c1ccccc1)c1ccco1. The van der Waals surface area contributed by atoms with Crippen molar-refractivity contribution in [1.82, 2.24) is 0 Å². The lowest BCUT2D eigenvalue weighted by Gasteiger charge is -2.13. The van der Waals surface area contributed by atoms with Crippen LogP contribution < -0.4 is 0 Å². The molecular weight excluding hydrogens is 288 g/mol. The fraction of sp³-hybridized carbons (Fsp3) is 0.250. The van der Waals surface area contributed by atoms with E-state index in [2.05, 4.69) is 0 Å². The Kier molecular flexibility index (Phi) is 5.56. The van der Waals surface area contributed by atoms with Crippen molar-refractivity contribution in [2.75, 3.05) is 6.26 Å². The Bertz CT molecular complexity index is 561. The van der Waals surface area contributed by atoms with Gasteiger partial charge in [0.1, 0.15) is 5.76 Å². The van der Waals surface area contributed by atoms with E-state index < -0.39 is 0 Å². The van der Waals surface area contributed by atoms with Gasteiger partial charge in [-0.25, -0.2) is 0 Å². The molecule has 0 amide bonds. The van der Waals surface area contributed by atoms with Crippen molar-refractivity contribution in [3.05, 3.63) is 60.1 Å². The minimum absolute atomic E-state index is 0.0117. The highest BCUT2D eigenvalue weighted by atomic mass is 32.2. The van der Waals surface area contributed by atoms with Gasteiger partial charge in [-0.05, 0) is 24.8 Å². The van der Waals surface area contributed by atoms with Crippen molar-refractivity contribution in [3.8, 4) is 0 Å². The summed E-state index contributed by atoms with van der Waals surface area (Å²) in [7, 11) is 0. The zero-order chi connectivity index (χ0) is 14.4. The summed E-state index contributed by atoms with van der Waals surface area (Å²) >= 11 is 6.84. The topological polar surface area (TPSA) is 30.2 Å². The van der Waals surface area contributed by atoms with E-state index in [9.17, 15) is 4.79 Å².